The van der Waals surface area contributed by atoms with Crippen LogP contribution in [0.25, 0.3) is 0 Å². The Bertz CT molecular complexity index is 954. The van der Waals surface area contributed by atoms with Gasteiger partial charge in [-0.15, -0.1) is 0 Å². The van der Waals surface area contributed by atoms with Crippen molar-refractivity contribution in [1.82, 2.24) is 9.97 Å². The summed E-state index contributed by atoms with van der Waals surface area (Å²) >= 11 is 0. The molecule has 0 aliphatic carbocycles. The second kappa shape index (κ2) is 10.5. The van der Waals surface area contributed by atoms with E-state index >= 15 is 0 Å². The van der Waals surface area contributed by atoms with Crippen LogP contribution in [0.2, 0.25) is 0 Å². The van der Waals surface area contributed by atoms with Crippen LogP contribution < -0.4 is 13.6 Å². The summed E-state index contributed by atoms with van der Waals surface area (Å²) in [5.41, 5.74) is 3.23. The van der Waals surface area contributed by atoms with Gasteiger partial charge in [-0.25, -0.2) is 4.98 Å². The van der Waals surface area contributed by atoms with Gasteiger partial charge in [0.1, 0.15) is 17.2 Å². The van der Waals surface area contributed by atoms with Crippen LogP contribution in [-0.4, -0.2) is 9.97 Å². The average Bonchev–Trinajstić information content (AvgIpc) is 3.34. The summed E-state index contributed by atoms with van der Waals surface area (Å²) in [5.74, 6) is 1.24. The van der Waals surface area contributed by atoms with Gasteiger partial charge < -0.3 is 18.6 Å². The highest BCUT2D eigenvalue weighted by Crippen LogP contribution is 2.49. The number of phosphoric acid groups is 1. The first-order valence-electron chi connectivity index (χ1n) is 9.73. The molecule has 0 saturated carbocycles. The molecule has 1 aromatic heterocycles. The van der Waals surface area contributed by atoms with Crippen LogP contribution in [0.4, 0.5) is 0 Å². The number of nitrogens with one attached hydrogen (secondary N) is 1. The van der Waals surface area contributed by atoms with E-state index in [-0.39, 0.29) is 0 Å². The van der Waals surface area contributed by atoms with Gasteiger partial charge in [0, 0.05) is 12.4 Å². The second-order valence-electron chi connectivity index (χ2n) is 6.92. The molecule has 0 radical (unpaired) electrons. The monoisotopic (exact) mass is 436 g/mol. The second-order valence-corrected chi connectivity index (χ2v) is 8.36. The maximum Gasteiger partial charge on any atom is 0.647 e. The fourth-order valence-corrected chi connectivity index (χ4v) is 3.71. The molecule has 0 saturated heterocycles. The van der Waals surface area contributed by atoms with Crippen molar-refractivity contribution in [3.63, 3.8) is 0 Å². The van der Waals surface area contributed by atoms with Gasteiger partial charge in [0.25, 0.3) is 0 Å². The summed E-state index contributed by atoms with van der Waals surface area (Å²) in [6.07, 6.45) is 5.08. The molecule has 31 heavy (non-hydrogen) atoms. The molecule has 0 bridgehead atoms. The van der Waals surface area contributed by atoms with E-state index in [2.05, 4.69) is 9.97 Å². The van der Waals surface area contributed by atoms with Gasteiger partial charge in [-0.05, 0) is 57.2 Å². The van der Waals surface area contributed by atoms with Crippen molar-refractivity contribution in [2.75, 3.05) is 0 Å². The van der Waals surface area contributed by atoms with Gasteiger partial charge in [0.15, 0.2) is 0 Å². The molecule has 0 aliphatic rings. The molecule has 0 unspecified atom stereocenters. The normalized spacial score (nSPS) is 10.5. The summed E-state index contributed by atoms with van der Waals surface area (Å²) in [6, 6.07) is 21.6. The van der Waals surface area contributed by atoms with E-state index in [1.54, 1.807) is 55.1 Å². The first-order chi connectivity index (χ1) is 14.9. The maximum atomic E-state index is 13.3. The zero-order chi connectivity index (χ0) is 22.1. The minimum atomic E-state index is -3.93. The fraction of sp³-hybridized carbons (Fsp3) is 0.125. The van der Waals surface area contributed by atoms with Crippen LogP contribution in [0.3, 0.4) is 0 Å². The Kier molecular flexibility index (Phi) is 7.52. The van der Waals surface area contributed by atoms with Gasteiger partial charge >= 0.3 is 7.82 Å². The molecule has 1 heterocycles. The highest BCUT2D eigenvalue weighted by Gasteiger charge is 2.33. The van der Waals surface area contributed by atoms with Gasteiger partial charge in [-0.1, -0.05) is 53.1 Å². The predicted molar refractivity (Wildman–Crippen MR) is 122 cm³/mol. The predicted octanol–water partition coefficient (Wildman–Crippen LogP) is 6.67. The van der Waals surface area contributed by atoms with Gasteiger partial charge in [-0.3, -0.25) is 0 Å². The number of aromatic nitrogens is 2. The molecule has 7 heteroatoms. The average molecular weight is 436 g/mol. The van der Waals surface area contributed by atoms with Crippen molar-refractivity contribution < 1.29 is 18.1 Å². The van der Waals surface area contributed by atoms with Gasteiger partial charge in [0.05, 0.1) is 6.33 Å². The van der Waals surface area contributed by atoms with E-state index in [0.717, 1.165) is 16.7 Å². The summed E-state index contributed by atoms with van der Waals surface area (Å²) in [6.45, 7) is 5.90. The third-order valence-electron chi connectivity index (χ3n) is 4.12. The number of hydrogen-bond donors (Lipinski definition) is 1. The smallest absolute Gasteiger partial charge is 0.386 e. The summed E-state index contributed by atoms with van der Waals surface area (Å²) in [5, 5.41) is 0. The number of aromatic amines is 1. The highest BCUT2D eigenvalue weighted by molar-refractivity contribution is 7.49. The molecule has 0 amide bonds. The van der Waals surface area contributed by atoms with Crippen molar-refractivity contribution in [3.8, 4) is 17.2 Å². The van der Waals surface area contributed by atoms with Crippen molar-refractivity contribution in [3.05, 3.63) is 108 Å². The van der Waals surface area contributed by atoms with Crippen LogP contribution >= 0.6 is 7.82 Å². The van der Waals surface area contributed by atoms with E-state index in [9.17, 15) is 4.57 Å². The number of imidazole rings is 1. The Morgan fingerprint density at radius 3 is 1.23 bits per heavy atom. The lowest BCUT2D eigenvalue weighted by atomic mass is 10.2. The SMILES string of the molecule is Cc1ccc(OP(=O)(Oc2ccc(C)cc2)Oc2ccc(C)cc2)cc1.c1c[nH]cn1. The number of phosphoric ester groups is 1. The van der Waals surface area contributed by atoms with Crippen LogP contribution in [0.5, 0.6) is 17.2 Å². The molecule has 0 aliphatic heterocycles. The molecular weight excluding hydrogens is 411 g/mol. The van der Waals surface area contributed by atoms with E-state index < -0.39 is 7.82 Å². The van der Waals surface area contributed by atoms with E-state index in [0.29, 0.717) is 17.2 Å². The van der Waals surface area contributed by atoms with Gasteiger partial charge in [0.2, 0.25) is 0 Å². The molecule has 4 aromatic rings. The first kappa shape index (κ1) is 22.2. The molecule has 0 spiro atoms. The standard InChI is InChI=1S/C21H21O4P.C3H4N2/c1-16-4-10-19(11-5-16)23-26(22,24-20-12-6-17(2)7-13-20)25-21-14-8-18(3)9-15-21;1-2-5-3-4-1/h4-15H,1-3H3;1-3H,(H,4,5). The van der Waals surface area contributed by atoms with Crippen molar-refractivity contribution in [1.29, 1.82) is 0 Å². The fourth-order valence-electron chi connectivity index (χ4n) is 2.46. The zero-order valence-corrected chi connectivity index (χ0v) is 18.6. The first-order valence-corrected chi connectivity index (χ1v) is 11.2. The summed E-state index contributed by atoms with van der Waals surface area (Å²) in [4.78, 5) is 6.42. The number of rotatable bonds is 6. The maximum absolute atomic E-state index is 13.3. The van der Waals surface area contributed by atoms with E-state index in [1.165, 1.54) is 0 Å². The molecular formula is C24H25N2O4P. The van der Waals surface area contributed by atoms with Crippen LogP contribution in [0.15, 0.2) is 91.5 Å². The highest BCUT2D eigenvalue weighted by atomic mass is 31.2. The van der Waals surface area contributed by atoms with Crippen molar-refractivity contribution in [2.45, 2.75) is 20.8 Å². The lowest BCUT2D eigenvalue weighted by Crippen LogP contribution is -2.07. The molecule has 1 N–H and O–H groups in total. The van der Waals surface area contributed by atoms with Gasteiger partial charge in [-0.2, -0.15) is 4.57 Å². The largest absolute Gasteiger partial charge is 0.647 e. The Morgan fingerprint density at radius 1 is 0.645 bits per heavy atom. The Hall–Kier alpha value is -3.50. The number of H-pyrrole nitrogens is 1. The van der Waals surface area contributed by atoms with E-state index in [1.807, 2.05) is 57.2 Å². The third kappa shape index (κ3) is 7.36. The Labute approximate surface area is 182 Å². The third-order valence-corrected chi connectivity index (χ3v) is 5.42. The summed E-state index contributed by atoms with van der Waals surface area (Å²) < 4.78 is 30.2. The Morgan fingerprint density at radius 2 is 1.00 bits per heavy atom. The quantitative estimate of drug-likeness (QED) is 0.342. The van der Waals surface area contributed by atoms with E-state index in [4.69, 9.17) is 13.6 Å². The van der Waals surface area contributed by atoms with Crippen LogP contribution in [0.1, 0.15) is 16.7 Å². The minimum absolute atomic E-state index is 0.415. The number of benzene rings is 3. The molecule has 0 atom stereocenters. The Balaban J connectivity index is 0.000000478. The topological polar surface area (TPSA) is 73.4 Å². The summed E-state index contributed by atoms with van der Waals surface area (Å²) in [7, 11) is -3.93. The molecule has 3 aromatic carbocycles. The number of nitrogens with zero attached hydrogens (tertiary/aromatic N) is 1. The number of hydrogen-bond acceptors (Lipinski definition) is 5. The molecule has 0 fully saturated rings. The van der Waals surface area contributed by atoms with Crippen molar-refractivity contribution in [2.24, 2.45) is 0 Å². The molecule has 160 valence electrons. The molecule has 4 rings (SSSR count). The molecule has 6 nitrogen and oxygen atoms in total. The zero-order valence-electron chi connectivity index (χ0n) is 17.7. The van der Waals surface area contributed by atoms with Crippen LogP contribution in [-0.2, 0) is 4.57 Å². The number of aryl methyl sites for hydroxylation is 3. The van der Waals surface area contributed by atoms with Crippen LogP contribution in [0, 0.1) is 20.8 Å². The lowest BCUT2D eigenvalue weighted by molar-refractivity contribution is 0.298. The lowest BCUT2D eigenvalue weighted by Gasteiger charge is -2.19. The van der Waals surface area contributed by atoms with Crippen molar-refractivity contribution >= 4 is 7.82 Å². The minimum Gasteiger partial charge on any atom is -0.386 e.